The lowest BCUT2D eigenvalue weighted by Crippen LogP contribution is -2.38. The molecule has 2 aliphatic rings. The predicted octanol–water partition coefficient (Wildman–Crippen LogP) is 2.49. The molecule has 3 aromatic rings. The minimum absolute atomic E-state index is 0.135. The van der Waals surface area contributed by atoms with Crippen molar-refractivity contribution in [1.29, 1.82) is 0 Å². The number of hydrogen-bond donors (Lipinski definition) is 1. The van der Waals surface area contributed by atoms with Crippen LogP contribution in [0, 0.1) is 0 Å². The van der Waals surface area contributed by atoms with Crippen LogP contribution in [0.1, 0.15) is 5.56 Å². The molecule has 9 heteroatoms. The van der Waals surface area contributed by atoms with Gasteiger partial charge in [-0.05, 0) is 11.6 Å². The summed E-state index contributed by atoms with van der Waals surface area (Å²) in [5, 5.41) is 3.62. The molecule has 9 nitrogen and oxygen atoms in total. The van der Waals surface area contributed by atoms with E-state index in [2.05, 4.69) is 15.3 Å². The number of carbonyl (C=O) groups is 2. The van der Waals surface area contributed by atoms with Crippen LogP contribution in [0.5, 0.6) is 11.5 Å². The number of methoxy groups -OCH3 is 2. The molecule has 1 aliphatic carbocycles. The lowest BCUT2D eigenvalue weighted by molar-refractivity contribution is -0.122. The molecule has 0 bridgehead atoms. The standard InChI is InChI=1S/C25H23N3O6/c1-31-8-9-33-20-11-17-16(10-19(20)32-2)24(27-14-26-17)28-18-12-21(29)25(23(34-25)22(18)30)13-15-6-4-3-5-7-15/h3-7,10-12,14,23H,8-9,13H2,1-2H3,(H,26,27,28). The Balaban J connectivity index is 1.41. The zero-order valence-corrected chi connectivity index (χ0v) is 18.7. The third-order valence-corrected chi connectivity index (χ3v) is 5.92. The zero-order valence-electron chi connectivity index (χ0n) is 18.7. The molecular weight excluding hydrogens is 438 g/mol. The van der Waals surface area contributed by atoms with Crippen molar-refractivity contribution in [1.82, 2.24) is 9.97 Å². The number of rotatable bonds is 9. The molecule has 0 spiro atoms. The molecular formula is C25H23N3O6. The van der Waals surface area contributed by atoms with Gasteiger partial charge in [-0.1, -0.05) is 30.3 Å². The number of anilines is 1. The van der Waals surface area contributed by atoms with Gasteiger partial charge in [-0.3, -0.25) is 9.59 Å². The number of hydrogen-bond acceptors (Lipinski definition) is 9. The van der Waals surface area contributed by atoms with Crippen molar-refractivity contribution in [2.45, 2.75) is 18.1 Å². The van der Waals surface area contributed by atoms with E-state index in [1.54, 1.807) is 19.2 Å². The highest BCUT2D eigenvalue weighted by Gasteiger charge is 2.67. The number of nitrogens with one attached hydrogen (secondary N) is 1. The van der Waals surface area contributed by atoms with Crippen LogP contribution in [0.25, 0.3) is 10.9 Å². The summed E-state index contributed by atoms with van der Waals surface area (Å²) in [6.45, 7) is 0.779. The van der Waals surface area contributed by atoms with Crippen LogP contribution >= 0.6 is 0 Å². The van der Waals surface area contributed by atoms with E-state index in [0.717, 1.165) is 5.56 Å². The molecule has 5 rings (SSSR count). The van der Waals surface area contributed by atoms with Gasteiger partial charge in [-0.2, -0.15) is 0 Å². The van der Waals surface area contributed by atoms with Gasteiger partial charge in [0, 0.05) is 31.1 Å². The summed E-state index contributed by atoms with van der Waals surface area (Å²) in [4.78, 5) is 34.6. The first kappa shape index (κ1) is 22.0. The smallest absolute Gasteiger partial charge is 0.211 e. The fraction of sp³-hybridized carbons (Fsp3) is 0.280. The van der Waals surface area contributed by atoms with Gasteiger partial charge >= 0.3 is 0 Å². The number of nitrogens with zero attached hydrogens (tertiary/aromatic N) is 2. The van der Waals surface area contributed by atoms with Crippen molar-refractivity contribution in [3.05, 3.63) is 66.1 Å². The second-order valence-corrected chi connectivity index (χ2v) is 8.05. The van der Waals surface area contributed by atoms with Crippen molar-refractivity contribution in [2.24, 2.45) is 0 Å². The van der Waals surface area contributed by atoms with E-state index in [4.69, 9.17) is 18.9 Å². The summed E-state index contributed by atoms with van der Waals surface area (Å²) in [6.07, 6.45) is 2.23. The fourth-order valence-electron chi connectivity index (χ4n) is 4.11. The van der Waals surface area contributed by atoms with Crippen LogP contribution in [-0.2, 0) is 25.5 Å². The van der Waals surface area contributed by atoms with Crippen LogP contribution < -0.4 is 14.8 Å². The molecule has 1 aromatic heterocycles. The van der Waals surface area contributed by atoms with Gasteiger partial charge in [0.15, 0.2) is 29.0 Å². The number of aromatic nitrogens is 2. The first-order valence-electron chi connectivity index (χ1n) is 10.8. The Morgan fingerprint density at radius 3 is 2.65 bits per heavy atom. The van der Waals surface area contributed by atoms with E-state index in [0.29, 0.717) is 47.9 Å². The third kappa shape index (κ3) is 3.89. The lowest BCUT2D eigenvalue weighted by Gasteiger charge is -2.18. The van der Waals surface area contributed by atoms with Crippen molar-refractivity contribution in [3.8, 4) is 11.5 Å². The van der Waals surface area contributed by atoms with E-state index in [9.17, 15) is 9.59 Å². The SMILES string of the molecule is COCCOc1cc2ncnc(NC3=CC(=O)C4(Cc5ccccc5)OC4C3=O)c2cc1OC. The first-order valence-corrected chi connectivity index (χ1v) is 10.8. The lowest BCUT2D eigenvalue weighted by atomic mass is 9.85. The number of epoxide rings is 1. The average Bonchev–Trinajstić information content (AvgIpc) is 3.59. The van der Waals surface area contributed by atoms with Crippen LogP contribution in [0.2, 0.25) is 0 Å². The largest absolute Gasteiger partial charge is 0.493 e. The van der Waals surface area contributed by atoms with Crippen molar-refractivity contribution in [3.63, 3.8) is 0 Å². The van der Waals surface area contributed by atoms with Gasteiger partial charge in [0.1, 0.15) is 18.8 Å². The summed E-state index contributed by atoms with van der Waals surface area (Å²) in [5.74, 6) is 0.836. The quantitative estimate of drug-likeness (QED) is 0.379. The van der Waals surface area contributed by atoms with Crippen LogP contribution in [0.4, 0.5) is 5.82 Å². The highest BCUT2D eigenvalue weighted by Crippen LogP contribution is 2.46. The second kappa shape index (κ2) is 8.85. The van der Waals surface area contributed by atoms with Crippen LogP contribution in [0.15, 0.2) is 60.6 Å². The predicted molar refractivity (Wildman–Crippen MR) is 123 cm³/mol. The molecule has 1 aliphatic heterocycles. The van der Waals surface area contributed by atoms with E-state index in [1.165, 1.54) is 19.5 Å². The number of Topliss-reactive ketones (excluding diaryl/α,β-unsaturated/α-hetero) is 1. The molecule has 2 heterocycles. The molecule has 1 saturated heterocycles. The molecule has 0 saturated carbocycles. The topological polar surface area (TPSA) is 112 Å². The van der Waals surface area contributed by atoms with Crippen LogP contribution in [-0.4, -0.2) is 60.7 Å². The van der Waals surface area contributed by atoms with Gasteiger partial charge in [-0.25, -0.2) is 9.97 Å². The minimum atomic E-state index is -1.12. The van der Waals surface area contributed by atoms with E-state index >= 15 is 0 Å². The number of carbonyl (C=O) groups excluding carboxylic acids is 2. The zero-order chi connectivity index (χ0) is 23.7. The Hall–Kier alpha value is -3.82. The van der Waals surface area contributed by atoms with Gasteiger partial charge in [-0.15, -0.1) is 0 Å². The number of benzene rings is 2. The van der Waals surface area contributed by atoms with Gasteiger partial charge in [0.05, 0.1) is 24.9 Å². The van der Waals surface area contributed by atoms with Crippen molar-refractivity contribution < 1.29 is 28.5 Å². The molecule has 0 radical (unpaired) electrons. The number of ether oxygens (including phenoxy) is 4. The molecule has 34 heavy (non-hydrogen) atoms. The number of fused-ring (bicyclic) bond motifs is 2. The van der Waals surface area contributed by atoms with E-state index < -0.39 is 11.7 Å². The maximum Gasteiger partial charge on any atom is 0.211 e. The molecule has 2 unspecified atom stereocenters. The maximum atomic E-state index is 13.1. The first-order chi connectivity index (χ1) is 16.6. The fourth-order valence-corrected chi connectivity index (χ4v) is 4.11. The summed E-state index contributed by atoms with van der Waals surface area (Å²) >= 11 is 0. The van der Waals surface area contributed by atoms with Gasteiger partial charge in [0.25, 0.3) is 0 Å². The Kier molecular flexibility index (Phi) is 5.72. The molecule has 1 N–H and O–H groups in total. The van der Waals surface area contributed by atoms with Crippen molar-refractivity contribution >= 4 is 28.3 Å². The third-order valence-electron chi connectivity index (χ3n) is 5.92. The Morgan fingerprint density at radius 1 is 1.06 bits per heavy atom. The van der Waals surface area contributed by atoms with E-state index in [-0.39, 0.29) is 17.3 Å². The van der Waals surface area contributed by atoms with Crippen LogP contribution in [0.3, 0.4) is 0 Å². The minimum Gasteiger partial charge on any atom is -0.493 e. The monoisotopic (exact) mass is 461 g/mol. The van der Waals surface area contributed by atoms with E-state index in [1.807, 2.05) is 30.3 Å². The summed E-state index contributed by atoms with van der Waals surface area (Å²) < 4.78 is 21.9. The molecule has 1 fully saturated rings. The summed E-state index contributed by atoms with van der Waals surface area (Å²) in [5.41, 5.74) is 0.542. The average molecular weight is 461 g/mol. The highest BCUT2D eigenvalue weighted by molar-refractivity contribution is 6.19. The highest BCUT2D eigenvalue weighted by atomic mass is 16.6. The molecule has 2 atom stereocenters. The maximum absolute atomic E-state index is 13.1. The summed E-state index contributed by atoms with van der Waals surface area (Å²) in [6, 6.07) is 13.0. The Bertz CT molecular complexity index is 1290. The Labute approximate surface area is 195 Å². The van der Waals surface area contributed by atoms with Crippen molar-refractivity contribution in [2.75, 3.05) is 32.8 Å². The van der Waals surface area contributed by atoms with Gasteiger partial charge in [0.2, 0.25) is 5.78 Å². The summed E-state index contributed by atoms with van der Waals surface area (Å²) in [7, 11) is 3.13. The second-order valence-electron chi connectivity index (χ2n) is 8.05. The van der Waals surface area contributed by atoms with Gasteiger partial charge < -0.3 is 24.3 Å². The number of ketones is 2. The molecule has 174 valence electrons. The molecule has 0 amide bonds. The molecule has 2 aromatic carbocycles. The normalized spacial score (nSPS) is 21.1. The Morgan fingerprint density at radius 2 is 1.88 bits per heavy atom.